The molecule has 3 N–H and O–H groups in total. The molecule has 0 bridgehead atoms. The van der Waals surface area contributed by atoms with Crippen molar-refractivity contribution in [2.24, 2.45) is 5.92 Å². The Morgan fingerprint density at radius 2 is 1.39 bits per heavy atom. The number of aromatic nitrogens is 2. The Hall–Kier alpha value is -4.72. The fourth-order valence-electron chi connectivity index (χ4n) is 7.60. The molecular formula is C39H38FN3O3. The smallest absolute Gasteiger partial charge is 0.240 e. The second kappa shape index (κ2) is 11.9. The third-order valence-corrected chi connectivity index (χ3v) is 9.81. The number of hydrogen-bond donors (Lipinski definition) is 3. The standard InChI is InChI=1S/C39H38FN3O3/c1-3-42-31-20-19-25(2)21-30(31)39(23-26-13-7-4-8-14-26,24-27-15-9-5-10-16-27)32(42)22-29-35(44)33(36(29)45)34-37(40)41-43(38(34)46)28-17-11-6-12-18-28/h4-22,29,33,35-36,44-46H,3,23-24H2,1-2H3. The highest BCUT2D eigenvalue weighted by atomic mass is 19.1. The first kappa shape index (κ1) is 30.0. The van der Waals surface area contributed by atoms with Crippen LogP contribution in [0.15, 0.2) is 121 Å². The summed E-state index contributed by atoms with van der Waals surface area (Å²) in [7, 11) is 0. The maximum absolute atomic E-state index is 15.3. The third-order valence-electron chi connectivity index (χ3n) is 9.81. The third kappa shape index (κ3) is 4.91. The van der Waals surface area contributed by atoms with Crippen LogP contribution in [-0.4, -0.2) is 43.9 Å². The van der Waals surface area contributed by atoms with Gasteiger partial charge in [0.1, 0.15) is 0 Å². The Labute approximate surface area is 268 Å². The van der Waals surface area contributed by atoms with Gasteiger partial charge in [-0.1, -0.05) is 103 Å². The summed E-state index contributed by atoms with van der Waals surface area (Å²) in [5, 5.41) is 38.2. The van der Waals surface area contributed by atoms with Gasteiger partial charge < -0.3 is 20.2 Å². The van der Waals surface area contributed by atoms with E-state index >= 15 is 4.39 Å². The summed E-state index contributed by atoms with van der Waals surface area (Å²) >= 11 is 0. The first-order valence-corrected chi connectivity index (χ1v) is 15.9. The maximum Gasteiger partial charge on any atom is 0.240 e. The molecule has 7 heteroatoms. The first-order valence-electron chi connectivity index (χ1n) is 15.9. The largest absolute Gasteiger partial charge is 0.493 e. The van der Waals surface area contributed by atoms with Gasteiger partial charge in [-0.05, 0) is 61.6 Å². The molecule has 2 unspecified atom stereocenters. The van der Waals surface area contributed by atoms with Gasteiger partial charge in [-0.2, -0.15) is 9.07 Å². The molecule has 1 aliphatic heterocycles. The maximum atomic E-state index is 15.3. The highest BCUT2D eigenvalue weighted by Crippen LogP contribution is 2.55. The lowest BCUT2D eigenvalue weighted by Gasteiger charge is -2.46. The summed E-state index contributed by atoms with van der Waals surface area (Å²) in [5.41, 5.74) is 6.66. The number of aryl methyl sites for hydroxylation is 1. The van der Waals surface area contributed by atoms with E-state index in [9.17, 15) is 15.3 Å². The quantitative estimate of drug-likeness (QED) is 0.183. The molecule has 0 saturated heterocycles. The minimum Gasteiger partial charge on any atom is -0.493 e. The molecule has 1 aromatic heterocycles. The van der Waals surface area contributed by atoms with E-state index in [2.05, 4.69) is 90.6 Å². The molecule has 46 heavy (non-hydrogen) atoms. The number of anilines is 1. The lowest BCUT2D eigenvalue weighted by atomic mass is 9.63. The number of aliphatic hydroxyl groups excluding tert-OH is 2. The number of aromatic hydroxyl groups is 1. The van der Waals surface area contributed by atoms with Crippen molar-refractivity contribution in [3.63, 3.8) is 0 Å². The number of aliphatic hydroxyl groups is 2. The second-order valence-corrected chi connectivity index (χ2v) is 12.6. The van der Waals surface area contributed by atoms with Gasteiger partial charge in [0.2, 0.25) is 11.8 Å². The molecule has 2 aliphatic rings. The molecular weight excluding hydrogens is 577 g/mol. The number of halogens is 1. The van der Waals surface area contributed by atoms with Crippen LogP contribution < -0.4 is 4.90 Å². The molecule has 1 fully saturated rings. The number of hydrogen-bond acceptors (Lipinski definition) is 5. The Kier molecular flexibility index (Phi) is 7.75. The highest BCUT2D eigenvalue weighted by molar-refractivity contribution is 5.73. The van der Waals surface area contributed by atoms with Crippen LogP contribution in [-0.2, 0) is 18.3 Å². The molecule has 4 aromatic carbocycles. The van der Waals surface area contributed by atoms with E-state index in [1.807, 2.05) is 24.3 Å². The van der Waals surface area contributed by atoms with Gasteiger partial charge in [0.25, 0.3) is 0 Å². The minimum atomic E-state index is -1.13. The second-order valence-electron chi connectivity index (χ2n) is 12.6. The van der Waals surface area contributed by atoms with Crippen molar-refractivity contribution in [1.82, 2.24) is 9.78 Å². The Morgan fingerprint density at radius 1 is 0.826 bits per heavy atom. The molecule has 6 nitrogen and oxygen atoms in total. The van der Waals surface area contributed by atoms with Crippen LogP contribution in [0.5, 0.6) is 5.88 Å². The Morgan fingerprint density at radius 3 is 1.96 bits per heavy atom. The molecule has 2 atom stereocenters. The minimum absolute atomic E-state index is 0.170. The number of fused-ring (bicyclic) bond motifs is 1. The predicted octanol–water partition coefficient (Wildman–Crippen LogP) is 6.61. The van der Waals surface area contributed by atoms with Crippen molar-refractivity contribution in [3.05, 3.63) is 155 Å². The molecule has 1 aliphatic carbocycles. The zero-order chi connectivity index (χ0) is 32.0. The van der Waals surface area contributed by atoms with E-state index in [-0.39, 0.29) is 5.56 Å². The molecule has 234 valence electrons. The molecule has 2 heterocycles. The monoisotopic (exact) mass is 615 g/mol. The van der Waals surface area contributed by atoms with E-state index in [0.29, 0.717) is 25.1 Å². The van der Waals surface area contributed by atoms with Crippen LogP contribution in [0.2, 0.25) is 0 Å². The van der Waals surface area contributed by atoms with Gasteiger partial charge in [0.05, 0.1) is 23.5 Å². The van der Waals surface area contributed by atoms with Crippen molar-refractivity contribution in [2.45, 2.75) is 50.2 Å². The summed E-state index contributed by atoms with van der Waals surface area (Å²) in [6.07, 6.45) is 1.16. The van der Waals surface area contributed by atoms with Crippen LogP contribution in [0.1, 0.15) is 40.7 Å². The van der Waals surface area contributed by atoms with Crippen molar-refractivity contribution in [3.8, 4) is 11.6 Å². The van der Waals surface area contributed by atoms with E-state index in [0.717, 1.165) is 21.6 Å². The number of benzene rings is 4. The predicted molar refractivity (Wildman–Crippen MR) is 178 cm³/mol. The lowest BCUT2D eigenvalue weighted by Crippen LogP contribution is -2.53. The zero-order valence-electron chi connectivity index (χ0n) is 26.0. The number of nitrogens with zero attached hydrogens (tertiary/aromatic N) is 3. The lowest BCUT2D eigenvalue weighted by molar-refractivity contribution is -0.0964. The molecule has 0 amide bonds. The normalized spacial score (nSPS) is 22.5. The number of likely N-dealkylation sites (N-methyl/N-ethyl adjacent to an activating group) is 1. The van der Waals surface area contributed by atoms with Gasteiger partial charge in [0.15, 0.2) is 0 Å². The Bertz CT molecular complexity index is 1820. The van der Waals surface area contributed by atoms with Crippen LogP contribution in [0.4, 0.5) is 10.1 Å². The van der Waals surface area contributed by atoms with E-state index in [1.54, 1.807) is 24.3 Å². The number of rotatable bonds is 8. The van der Waals surface area contributed by atoms with Crippen LogP contribution >= 0.6 is 0 Å². The molecule has 7 rings (SSSR count). The van der Waals surface area contributed by atoms with Gasteiger partial charge in [0, 0.05) is 35.2 Å². The fourth-order valence-corrected chi connectivity index (χ4v) is 7.60. The summed E-state index contributed by atoms with van der Waals surface area (Å²) in [6, 6.07) is 36.2. The van der Waals surface area contributed by atoms with Crippen LogP contribution in [0.25, 0.3) is 5.69 Å². The molecule has 5 aromatic rings. The van der Waals surface area contributed by atoms with Crippen LogP contribution in [0.3, 0.4) is 0 Å². The van der Waals surface area contributed by atoms with E-state index in [4.69, 9.17) is 0 Å². The van der Waals surface area contributed by atoms with Crippen molar-refractivity contribution >= 4 is 5.69 Å². The number of allylic oxidation sites excluding steroid dienone is 1. The van der Waals surface area contributed by atoms with Gasteiger partial charge in [-0.15, -0.1) is 5.10 Å². The number of para-hydroxylation sites is 1. The van der Waals surface area contributed by atoms with Crippen molar-refractivity contribution < 1.29 is 19.7 Å². The molecule has 0 radical (unpaired) electrons. The van der Waals surface area contributed by atoms with Gasteiger partial charge in [-0.3, -0.25) is 0 Å². The van der Waals surface area contributed by atoms with Gasteiger partial charge in [-0.25, -0.2) is 0 Å². The average molecular weight is 616 g/mol. The summed E-state index contributed by atoms with van der Waals surface area (Å²) in [6.45, 7) is 4.91. The summed E-state index contributed by atoms with van der Waals surface area (Å²) in [4.78, 5) is 2.29. The summed E-state index contributed by atoms with van der Waals surface area (Å²) in [5.74, 6) is -3.04. The average Bonchev–Trinajstić information content (AvgIpc) is 3.50. The highest BCUT2D eigenvalue weighted by Gasteiger charge is 2.54. The SMILES string of the molecule is CCN1C(=CC2C(O)C(c3c(F)nn(-c4ccccc4)c3O)C2O)C(Cc2ccccc2)(Cc2ccccc2)c2cc(C)ccc21. The van der Waals surface area contributed by atoms with E-state index < -0.39 is 41.3 Å². The fraction of sp³-hybridized carbons (Fsp3) is 0.256. The van der Waals surface area contributed by atoms with E-state index in [1.165, 1.54) is 16.7 Å². The topological polar surface area (TPSA) is 81.8 Å². The molecule has 1 saturated carbocycles. The van der Waals surface area contributed by atoms with Gasteiger partial charge >= 0.3 is 0 Å². The van der Waals surface area contributed by atoms with Crippen molar-refractivity contribution in [2.75, 3.05) is 11.4 Å². The molecule has 0 spiro atoms. The summed E-state index contributed by atoms with van der Waals surface area (Å²) < 4.78 is 16.4. The Balaban J connectivity index is 1.34. The zero-order valence-corrected chi connectivity index (χ0v) is 26.0. The first-order chi connectivity index (χ1) is 22.3. The van der Waals surface area contributed by atoms with Crippen molar-refractivity contribution in [1.29, 1.82) is 0 Å². The van der Waals surface area contributed by atoms with Crippen LogP contribution in [0, 0.1) is 18.8 Å².